The smallest absolute Gasteiger partial charge is 0.351 e. The second-order valence-corrected chi connectivity index (χ2v) is 26.6. The number of aryl methyl sites for hydroxylation is 1. The van der Waals surface area contributed by atoms with Gasteiger partial charge in [-0.05, 0) is 99.7 Å². The zero-order valence-corrected chi connectivity index (χ0v) is 55.1. The Morgan fingerprint density at radius 1 is 0.663 bits per heavy atom. The average Bonchev–Trinajstić information content (AvgIpc) is 1.86. The van der Waals surface area contributed by atoms with Gasteiger partial charge in [0.25, 0.3) is 0 Å². The molecule has 4 fully saturated rings. The van der Waals surface area contributed by atoms with Crippen molar-refractivity contribution in [3.05, 3.63) is 34.3 Å². The summed E-state index contributed by atoms with van der Waals surface area (Å²) in [5, 5.41) is 10.9. The standard InChI is InChI=1S/C63H97ClF3N11O11/c1-14-39(6)53-60(88)74(10)35-51(81)72(8)36-52(82)76(12)48(33-41-20-15-16-21-41)59(87)73(9)34-49(79)69-45(26-24-42-23-25-43(44(64)32-42)63(65,66)67)58(86)78-29-19-22-46(78)56(84)71-62(27-17-18-28-62)61(89)77(13)54(38(4)5)57(85)68-40(7)31-50(80)75(11)47(30-37(2)3)55(83)70-53/h23,25,32,37-41,45-48,53-54H,14-22,24,26-31,33-36H2,1-13H3,(H,68,85)(H,69,79)(H,70,83)(H,71,84)/t39?,40-,45+,46+,47+,48+,53+,54+/m1/s1. The van der Waals surface area contributed by atoms with Gasteiger partial charge >= 0.3 is 6.18 Å². The minimum absolute atomic E-state index is 0.0443. The summed E-state index contributed by atoms with van der Waals surface area (Å²) in [6, 6.07) is -4.58. The third-order valence-corrected chi connectivity index (χ3v) is 18.7. The van der Waals surface area contributed by atoms with E-state index in [0.717, 1.165) is 52.5 Å². The maximum Gasteiger partial charge on any atom is 0.417 e. The summed E-state index contributed by atoms with van der Waals surface area (Å²) < 4.78 is 41.2. The van der Waals surface area contributed by atoms with E-state index in [1.807, 2.05) is 20.8 Å². The highest BCUT2D eigenvalue weighted by atomic mass is 35.5. The van der Waals surface area contributed by atoms with E-state index in [4.69, 9.17) is 11.6 Å². The second kappa shape index (κ2) is 32.0. The molecule has 8 atom stereocenters. The predicted octanol–water partition coefficient (Wildman–Crippen LogP) is 4.77. The first-order valence-electron chi connectivity index (χ1n) is 31.5. The summed E-state index contributed by atoms with van der Waals surface area (Å²) in [5.41, 5.74) is -2.25. The minimum atomic E-state index is -4.74. The fourth-order valence-corrected chi connectivity index (χ4v) is 13.2. The van der Waals surface area contributed by atoms with E-state index in [-0.39, 0.29) is 69.7 Å². The van der Waals surface area contributed by atoms with E-state index < -0.39 is 161 Å². The third kappa shape index (κ3) is 19.0. The molecule has 1 aromatic rings. The maximum absolute atomic E-state index is 15.0. The molecule has 1 unspecified atom stereocenters. The summed E-state index contributed by atoms with van der Waals surface area (Å²) in [6.45, 7) is 10.9. The Morgan fingerprint density at radius 2 is 1.27 bits per heavy atom. The fourth-order valence-electron chi connectivity index (χ4n) is 12.9. The number of hydrogen-bond donors (Lipinski definition) is 4. The van der Waals surface area contributed by atoms with E-state index in [1.165, 1.54) is 68.0 Å². The molecule has 2 heterocycles. The van der Waals surface area contributed by atoms with Gasteiger partial charge in [0.1, 0.15) is 41.8 Å². The van der Waals surface area contributed by atoms with E-state index in [9.17, 15) is 65.9 Å². The summed E-state index contributed by atoms with van der Waals surface area (Å²) in [4.78, 5) is 167. The van der Waals surface area contributed by atoms with Crippen molar-refractivity contribution in [1.29, 1.82) is 0 Å². The van der Waals surface area contributed by atoms with Gasteiger partial charge in [0.05, 0.1) is 30.2 Å². The van der Waals surface area contributed by atoms with Gasteiger partial charge in [-0.15, -0.1) is 0 Å². The van der Waals surface area contributed by atoms with Crippen LogP contribution in [0.1, 0.15) is 156 Å². The van der Waals surface area contributed by atoms with Gasteiger partial charge in [0.2, 0.25) is 65.0 Å². The number of rotatable bonds is 10. The first-order chi connectivity index (χ1) is 41.6. The molecule has 89 heavy (non-hydrogen) atoms. The van der Waals surface area contributed by atoms with Crippen molar-refractivity contribution < 1.29 is 65.9 Å². The molecule has 11 amide bonds. The quantitative estimate of drug-likeness (QED) is 0.248. The van der Waals surface area contributed by atoms with Crippen LogP contribution in [0.3, 0.4) is 0 Å². The van der Waals surface area contributed by atoms with Crippen molar-refractivity contribution >= 4 is 76.6 Å². The van der Waals surface area contributed by atoms with E-state index >= 15 is 0 Å². The average molecular weight is 1280 g/mol. The summed E-state index contributed by atoms with van der Waals surface area (Å²) in [5.74, 6) is -7.81. The monoisotopic (exact) mass is 1280 g/mol. The lowest BCUT2D eigenvalue weighted by Gasteiger charge is -2.39. The van der Waals surface area contributed by atoms with E-state index in [1.54, 1.807) is 27.7 Å². The maximum atomic E-state index is 15.0. The molecule has 0 bridgehead atoms. The molecular weight excluding hydrogens is 1180 g/mol. The third-order valence-electron chi connectivity index (χ3n) is 18.4. The molecule has 2 saturated heterocycles. The Labute approximate surface area is 527 Å². The van der Waals surface area contributed by atoms with Gasteiger partial charge in [0.15, 0.2) is 0 Å². The Kier molecular flexibility index (Phi) is 26.3. The lowest BCUT2D eigenvalue weighted by molar-refractivity contribution is -0.149. The van der Waals surface area contributed by atoms with Crippen molar-refractivity contribution in [1.82, 2.24) is 55.6 Å². The first-order valence-corrected chi connectivity index (χ1v) is 31.9. The number of nitrogens with zero attached hydrogens (tertiary/aromatic N) is 7. The summed E-state index contributed by atoms with van der Waals surface area (Å²) in [6.07, 6.45) is 1.06. The number of hydrogen-bond acceptors (Lipinski definition) is 11. The van der Waals surface area contributed by atoms with Crippen LogP contribution in [0.25, 0.3) is 0 Å². The molecule has 2 aliphatic carbocycles. The van der Waals surface area contributed by atoms with E-state index in [0.29, 0.717) is 31.2 Å². The van der Waals surface area contributed by atoms with Crippen molar-refractivity contribution in [2.75, 3.05) is 68.5 Å². The van der Waals surface area contributed by atoms with Crippen LogP contribution in [0, 0.1) is 23.7 Å². The van der Waals surface area contributed by atoms with Gasteiger partial charge in [-0.2, -0.15) is 13.2 Å². The number of alkyl halides is 3. The highest BCUT2D eigenvalue weighted by Gasteiger charge is 2.50. The van der Waals surface area contributed by atoms with Crippen LogP contribution in [0.5, 0.6) is 0 Å². The molecule has 26 heteroatoms. The number of carbonyl (C=O) groups is 11. The lowest BCUT2D eigenvalue weighted by Crippen LogP contribution is -2.64. The number of carbonyl (C=O) groups excluding carboxylic acids is 11. The SMILES string of the molecule is CCC(C)[C@@H]1NC(=O)[C@H](CC(C)C)N(C)C(=O)C[C@@H](C)NC(=O)[C@H](C(C)C)N(C)C(=O)C2(CCCC2)NC(=O)[C@@H]2CCCN2C(=O)[C@H](CCc2ccc(C(F)(F)F)c(Cl)c2)NC(=O)CN(C)C(=O)[C@H](CC2CCCC2)N(C)C(=O)CN(C)C(=O)CN(C)C1=O. The first kappa shape index (κ1) is 73.2. The molecule has 1 aromatic carbocycles. The molecule has 498 valence electrons. The number of halogens is 4. The lowest BCUT2D eigenvalue weighted by atomic mass is 9.92. The van der Waals surface area contributed by atoms with Gasteiger partial charge in [-0.25, -0.2) is 0 Å². The van der Waals surface area contributed by atoms with Crippen LogP contribution in [0.15, 0.2) is 18.2 Å². The number of benzene rings is 1. The molecule has 0 radical (unpaired) electrons. The van der Waals surface area contributed by atoms with Gasteiger partial charge < -0.3 is 55.6 Å². The molecule has 4 aliphatic rings. The Balaban J connectivity index is 1.54. The largest absolute Gasteiger partial charge is 0.417 e. The topological polar surface area (TPSA) is 259 Å². The van der Waals surface area contributed by atoms with Gasteiger partial charge in [-0.3, -0.25) is 52.7 Å². The number of likely N-dealkylation sites (N-methyl/N-ethyl adjacent to an activating group) is 6. The van der Waals surface area contributed by atoms with Crippen LogP contribution < -0.4 is 21.3 Å². The van der Waals surface area contributed by atoms with Gasteiger partial charge in [-0.1, -0.05) is 104 Å². The molecule has 1 spiro atoms. The van der Waals surface area contributed by atoms with Crippen LogP contribution in [-0.2, 0) is 65.3 Å². The minimum Gasteiger partial charge on any atom is -0.351 e. The summed E-state index contributed by atoms with van der Waals surface area (Å²) >= 11 is 6.10. The number of amides is 11. The van der Waals surface area contributed by atoms with Crippen LogP contribution in [0.4, 0.5) is 13.2 Å². The molecular formula is C63H97ClF3N11O11. The highest BCUT2D eigenvalue weighted by Crippen LogP contribution is 2.37. The zero-order chi connectivity index (χ0) is 66.6. The van der Waals surface area contributed by atoms with Crippen LogP contribution in [0.2, 0.25) is 5.02 Å². The number of fused-ring (bicyclic) bond motifs is 1. The predicted molar refractivity (Wildman–Crippen MR) is 328 cm³/mol. The van der Waals surface area contributed by atoms with Crippen molar-refractivity contribution in [2.24, 2.45) is 23.7 Å². The Hall–Kier alpha value is -6.53. The van der Waals surface area contributed by atoms with Crippen molar-refractivity contribution in [3.63, 3.8) is 0 Å². The molecule has 2 saturated carbocycles. The molecule has 5 rings (SSSR count). The van der Waals surface area contributed by atoms with Gasteiger partial charge in [0, 0.05) is 61.3 Å². The second-order valence-electron chi connectivity index (χ2n) is 26.2. The summed E-state index contributed by atoms with van der Waals surface area (Å²) in [7, 11) is 8.52. The molecule has 22 nitrogen and oxygen atoms in total. The van der Waals surface area contributed by atoms with Crippen LogP contribution in [-0.4, -0.2) is 216 Å². The molecule has 2 aliphatic heterocycles. The normalized spacial score (nSPS) is 26.3. The zero-order valence-electron chi connectivity index (χ0n) is 54.4. The van der Waals surface area contributed by atoms with E-state index in [2.05, 4.69) is 21.3 Å². The highest BCUT2D eigenvalue weighted by molar-refractivity contribution is 6.31. The van der Waals surface area contributed by atoms with Crippen LogP contribution >= 0.6 is 11.6 Å². The van der Waals surface area contributed by atoms with Crippen molar-refractivity contribution in [2.45, 2.75) is 205 Å². The Morgan fingerprint density at radius 3 is 1.85 bits per heavy atom. The molecule has 4 N–H and O–H groups in total. The number of nitrogens with one attached hydrogen (secondary N) is 4. The fraction of sp³-hybridized carbons (Fsp3) is 0.730. The van der Waals surface area contributed by atoms with Crippen molar-refractivity contribution in [3.8, 4) is 0 Å². The molecule has 0 aromatic heterocycles. The Bertz CT molecular complexity index is 2740.